The number of aryl methyl sites for hydroxylation is 2. The molecular weight excluding hydrogens is 401 g/mol. The summed E-state index contributed by atoms with van der Waals surface area (Å²) in [5.41, 5.74) is 2.82. The summed E-state index contributed by atoms with van der Waals surface area (Å²) in [6.45, 7) is 6.30. The fourth-order valence-electron chi connectivity index (χ4n) is 3.48. The van der Waals surface area contributed by atoms with Gasteiger partial charge in [-0.15, -0.1) is 0 Å². The SMILES string of the molecule is Cc1noc(C)c1COc1ccccc1C(=O)Nc1ccc(N2CCOCC2)c(F)c1. The zero-order chi connectivity index (χ0) is 21.8. The number of para-hydroxylation sites is 1. The van der Waals surface area contributed by atoms with Gasteiger partial charge in [0, 0.05) is 18.8 Å². The Balaban J connectivity index is 1.47. The number of halogens is 1. The molecular formula is C23H24FN3O4. The molecule has 1 aliphatic rings. The van der Waals surface area contributed by atoms with Gasteiger partial charge in [0.2, 0.25) is 0 Å². The van der Waals surface area contributed by atoms with Crippen LogP contribution in [0.4, 0.5) is 15.8 Å². The third kappa shape index (κ3) is 4.69. The number of nitrogens with one attached hydrogen (secondary N) is 1. The van der Waals surface area contributed by atoms with Crippen LogP contribution in [-0.2, 0) is 11.3 Å². The van der Waals surface area contributed by atoms with Crippen molar-refractivity contribution >= 4 is 17.3 Å². The molecule has 0 atom stereocenters. The van der Waals surface area contributed by atoms with Crippen molar-refractivity contribution in [1.82, 2.24) is 5.16 Å². The van der Waals surface area contributed by atoms with Gasteiger partial charge in [-0.2, -0.15) is 0 Å². The third-order valence-electron chi connectivity index (χ3n) is 5.24. The number of hydrogen-bond acceptors (Lipinski definition) is 6. The summed E-state index contributed by atoms with van der Waals surface area (Å²) in [5.74, 6) is 0.330. The lowest BCUT2D eigenvalue weighted by Crippen LogP contribution is -2.36. The van der Waals surface area contributed by atoms with E-state index in [1.54, 1.807) is 36.4 Å². The average Bonchev–Trinajstić information content (AvgIpc) is 3.10. The number of amides is 1. The number of morpholine rings is 1. The van der Waals surface area contributed by atoms with E-state index in [9.17, 15) is 9.18 Å². The summed E-state index contributed by atoms with van der Waals surface area (Å²) >= 11 is 0. The number of anilines is 2. The molecule has 31 heavy (non-hydrogen) atoms. The smallest absolute Gasteiger partial charge is 0.259 e. The van der Waals surface area contributed by atoms with Crippen molar-refractivity contribution in [3.05, 3.63) is 70.9 Å². The predicted molar refractivity (Wildman–Crippen MR) is 114 cm³/mol. The third-order valence-corrected chi connectivity index (χ3v) is 5.24. The Hall–Kier alpha value is -3.39. The highest BCUT2D eigenvalue weighted by Crippen LogP contribution is 2.26. The van der Waals surface area contributed by atoms with Crippen molar-refractivity contribution < 1.29 is 23.2 Å². The van der Waals surface area contributed by atoms with E-state index in [1.807, 2.05) is 18.7 Å². The Morgan fingerprint density at radius 3 is 2.68 bits per heavy atom. The van der Waals surface area contributed by atoms with Crippen LogP contribution in [-0.4, -0.2) is 37.4 Å². The topological polar surface area (TPSA) is 76.8 Å². The van der Waals surface area contributed by atoms with Crippen molar-refractivity contribution in [3.8, 4) is 5.75 Å². The van der Waals surface area contributed by atoms with Crippen LogP contribution in [0.15, 0.2) is 47.0 Å². The molecule has 0 unspecified atom stereocenters. The molecule has 0 saturated carbocycles. The number of nitrogens with zero attached hydrogens (tertiary/aromatic N) is 2. The minimum absolute atomic E-state index is 0.230. The highest BCUT2D eigenvalue weighted by Gasteiger charge is 2.18. The molecule has 3 aromatic rings. The molecule has 2 aromatic carbocycles. The van der Waals surface area contributed by atoms with Gasteiger partial charge in [0.05, 0.1) is 35.7 Å². The first-order valence-corrected chi connectivity index (χ1v) is 10.1. The Morgan fingerprint density at radius 2 is 1.97 bits per heavy atom. The molecule has 8 heteroatoms. The van der Waals surface area contributed by atoms with E-state index in [1.165, 1.54) is 6.07 Å². The summed E-state index contributed by atoms with van der Waals surface area (Å²) in [4.78, 5) is 14.8. The van der Waals surface area contributed by atoms with Crippen LogP contribution >= 0.6 is 0 Å². The molecule has 1 fully saturated rings. The fourth-order valence-corrected chi connectivity index (χ4v) is 3.48. The van der Waals surface area contributed by atoms with Gasteiger partial charge >= 0.3 is 0 Å². The van der Waals surface area contributed by atoms with Crippen molar-refractivity contribution in [2.75, 3.05) is 36.5 Å². The zero-order valence-electron chi connectivity index (χ0n) is 17.5. The highest BCUT2D eigenvalue weighted by atomic mass is 19.1. The Morgan fingerprint density at radius 1 is 1.19 bits per heavy atom. The van der Waals surface area contributed by atoms with Gasteiger partial charge in [-0.1, -0.05) is 17.3 Å². The standard InChI is InChI=1S/C23H24FN3O4/c1-15-19(16(2)31-26-15)14-30-22-6-4-3-5-18(22)23(28)25-17-7-8-21(20(24)13-17)27-9-11-29-12-10-27/h3-8,13H,9-12,14H2,1-2H3,(H,25,28). The van der Waals surface area contributed by atoms with Crippen LogP contribution in [0.2, 0.25) is 0 Å². The maximum atomic E-state index is 14.6. The molecule has 0 radical (unpaired) electrons. The maximum absolute atomic E-state index is 14.6. The van der Waals surface area contributed by atoms with Crippen LogP contribution in [0.5, 0.6) is 5.75 Å². The average molecular weight is 425 g/mol. The summed E-state index contributed by atoms with van der Waals surface area (Å²) < 4.78 is 31.0. The molecule has 1 saturated heterocycles. The van der Waals surface area contributed by atoms with Gasteiger partial charge in [0.1, 0.15) is 23.9 Å². The lowest BCUT2D eigenvalue weighted by atomic mass is 10.1. The number of rotatable bonds is 6. The molecule has 0 aliphatic carbocycles. The van der Waals surface area contributed by atoms with Crippen LogP contribution in [0.3, 0.4) is 0 Å². The largest absolute Gasteiger partial charge is 0.488 e. The number of hydrogen-bond donors (Lipinski definition) is 1. The first-order chi connectivity index (χ1) is 15.0. The molecule has 4 rings (SSSR count). The van der Waals surface area contributed by atoms with Crippen molar-refractivity contribution in [2.24, 2.45) is 0 Å². The van der Waals surface area contributed by atoms with Crippen LogP contribution in [0.1, 0.15) is 27.4 Å². The van der Waals surface area contributed by atoms with Crippen molar-refractivity contribution in [2.45, 2.75) is 20.5 Å². The first-order valence-electron chi connectivity index (χ1n) is 10.1. The molecule has 0 bridgehead atoms. The van der Waals surface area contributed by atoms with E-state index in [0.717, 1.165) is 11.3 Å². The second-order valence-electron chi connectivity index (χ2n) is 7.31. The molecule has 1 N–H and O–H groups in total. The Bertz CT molecular complexity index is 1060. The van der Waals surface area contributed by atoms with Crippen LogP contribution in [0, 0.1) is 19.7 Å². The van der Waals surface area contributed by atoms with Gasteiger partial charge in [-0.25, -0.2) is 4.39 Å². The van der Waals surface area contributed by atoms with Gasteiger partial charge < -0.3 is 24.2 Å². The fraction of sp³-hybridized carbons (Fsp3) is 0.304. The number of benzene rings is 2. The van der Waals surface area contributed by atoms with E-state index in [0.29, 0.717) is 54.8 Å². The molecule has 1 amide bonds. The number of carbonyl (C=O) groups is 1. The zero-order valence-corrected chi connectivity index (χ0v) is 17.5. The first kappa shape index (κ1) is 20.9. The van der Waals surface area contributed by atoms with E-state index >= 15 is 0 Å². The van der Waals surface area contributed by atoms with Gasteiger partial charge in [-0.3, -0.25) is 4.79 Å². The van der Waals surface area contributed by atoms with Crippen LogP contribution < -0.4 is 15.0 Å². The molecule has 2 heterocycles. The second-order valence-corrected chi connectivity index (χ2v) is 7.31. The summed E-state index contributed by atoms with van der Waals surface area (Å²) in [6.07, 6.45) is 0. The van der Waals surface area contributed by atoms with E-state index < -0.39 is 0 Å². The molecule has 1 aliphatic heterocycles. The Kier molecular flexibility index (Phi) is 6.18. The van der Waals surface area contributed by atoms with E-state index in [2.05, 4.69) is 10.5 Å². The quantitative estimate of drug-likeness (QED) is 0.641. The monoisotopic (exact) mass is 425 g/mol. The highest BCUT2D eigenvalue weighted by molar-refractivity contribution is 6.06. The van der Waals surface area contributed by atoms with E-state index in [4.69, 9.17) is 14.0 Å². The molecule has 7 nitrogen and oxygen atoms in total. The molecule has 162 valence electrons. The predicted octanol–water partition coefficient (Wildman–Crippen LogP) is 4.10. The Labute approximate surface area is 179 Å². The normalized spacial score (nSPS) is 13.8. The number of carbonyl (C=O) groups excluding carboxylic acids is 1. The van der Waals surface area contributed by atoms with Crippen LogP contribution in [0.25, 0.3) is 0 Å². The number of ether oxygens (including phenoxy) is 2. The van der Waals surface area contributed by atoms with Crippen molar-refractivity contribution in [1.29, 1.82) is 0 Å². The van der Waals surface area contributed by atoms with E-state index in [-0.39, 0.29) is 18.3 Å². The van der Waals surface area contributed by atoms with Gasteiger partial charge in [0.15, 0.2) is 0 Å². The minimum Gasteiger partial charge on any atom is -0.488 e. The maximum Gasteiger partial charge on any atom is 0.259 e. The number of aromatic nitrogens is 1. The van der Waals surface area contributed by atoms with Gasteiger partial charge in [0.25, 0.3) is 5.91 Å². The second kappa shape index (κ2) is 9.18. The minimum atomic E-state index is -0.386. The molecule has 0 spiro atoms. The lowest BCUT2D eigenvalue weighted by Gasteiger charge is -2.29. The summed E-state index contributed by atoms with van der Waals surface area (Å²) in [7, 11) is 0. The van der Waals surface area contributed by atoms with Gasteiger partial charge in [-0.05, 0) is 44.2 Å². The van der Waals surface area contributed by atoms with Crippen molar-refractivity contribution in [3.63, 3.8) is 0 Å². The lowest BCUT2D eigenvalue weighted by molar-refractivity contribution is 0.102. The summed E-state index contributed by atoms with van der Waals surface area (Å²) in [5, 5.41) is 6.66. The summed E-state index contributed by atoms with van der Waals surface area (Å²) in [6, 6.07) is 11.6. The molecule has 1 aromatic heterocycles.